The lowest BCUT2D eigenvalue weighted by atomic mass is 10.1. The van der Waals surface area contributed by atoms with Gasteiger partial charge in [0.25, 0.3) is 0 Å². The number of anilines is 2. The predicted octanol–water partition coefficient (Wildman–Crippen LogP) is 2.08. The van der Waals surface area contributed by atoms with E-state index < -0.39 is 5.97 Å². The van der Waals surface area contributed by atoms with Crippen molar-refractivity contribution in [2.24, 2.45) is 0 Å². The summed E-state index contributed by atoms with van der Waals surface area (Å²) in [5.41, 5.74) is 6.93. The Hall–Kier alpha value is -2.07. The highest BCUT2D eigenvalue weighted by molar-refractivity contribution is 7.98. The number of thioether (sulfide) groups is 1. The molecule has 2 heterocycles. The molecule has 0 bridgehead atoms. The topological polar surface area (TPSA) is 112 Å². The van der Waals surface area contributed by atoms with Crippen LogP contribution in [0.1, 0.15) is 27.7 Å². The minimum absolute atomic E-state index is 0.0345. The van der Waals surface area contributed by atoms with Crippen LogP contribution < -0.4 is 11.1 Å². The van der Waals surface area contributed by atoms with Crippen LogP contribution in [0.25, 0.3) is 0 Å². The fourth-order valence-corrected chi connectivity index (χ4v) is 3.64. The quantitative estimate of drug-likeness (QED) is 0.592. The number of nitrogens with one attached hydrogen (secondary N) is 1. The van der Waals surface area contributed by atoms with Gasteiger partial charge < -0.3 is 15.8 Å². The second-order valence-corrected chi connectivity index (χ2v) is 6.89. The van der Waals surface area contributed by atoms with Gasteiger partial charge in [-0.1, -0.05) is 11.8 Å². The summed E-state index contributed by atoms with van der Waals surface area (Å²) in [6.45, 7) is 5.70. The number of amides is 1. The van der Waals surface area contributed by atoms with Gasteiger partial charge in [-0.05, 0) is 32.6 Å². The summed E-state index contributed by atoms with van der Waals surface area (Å²) >= 11 is 2.68. The van der Waals surface area contributed by atoms with Gasteiger partial charge in [0.05, 0.1) is 12.2 Å². The van der Waals surface area contributed by atoms with Crippen molar-refractivity contribution in [3.63, 3.8) is 0 Å². The Kier molecular flexibility index (Phi) is 5.84. The molecule has 0 radical (unpaired) electrons. The minimum Gasteiger partial charge on any atom is -0.462 e. The fourth-order valence-electron chi connectivity index (χ4n) is 2.07. The molecular formula is C14H19N5O3S2. The zero-order valence-electron chi connectivity index (χ0n) is 13.9. The van der Waals surface area contributed by atoms with Crippen LogP contribution >= 0.6 is 23.1 Å². The smallest absolute Gasteiger partial charge is 0.341 e. The van der Waals surface area contributed by atoms with Crippen molar-refractivity contribution in [2.45, 2.75) is 32.5 Å². The molecule has 3 N–H and O–H groups in total. The Balaban J connectivity index is 2.21. The molecule has 0 spiro atoms. The van der Waals surface area contributed by atoms with E-state index in [4.69, 9.17) is 10.5 Å². The fraction of sp³-hybridized carbons (Fsp3) is 0.429. The minimum atomic E-state index is -0.441. The Bertz CT molecular complexity index is 769. The van der Waals surface area contributed by atoms with Gasteiger partial charge in [0.15, 0.2) is 5.16 Å². The van der Waals surface area contributed by atoms with Crippen molar-refractivity contribution >= 4 is 45.9 Å². The van der Waals surface area contributed by atoms with E-state index in [2.05, 4.69) is 15.5 Å². The second kappa shape index (κ2) is 7.67. The maximum absolute atomic E-state index is 12.4. The number of rotatable bonds is 6. The number of nitrogens with two attached hydrogens (primary N) is 1. The number of thiophene rings is 1. The molecular weight excluding hydrogens is 350 g/mol. The zero-order chi connectivity index (χ0) is 17.9. The summed E-state index contributed by atoms with van der Waals surface area (Å²) in [6.07, 6.45) is 1.82. The molecule has 0 aliphatic rings. The molecule has 2 aromatic rings. The van der Waals surface area contributed by atoms with Crippen molar-refractivity contribution in [3.8, 4) is 0 Å². The third-order valence-electron chi connectivity index (χ3n) is 3.35. The molecule has 0 aromatic carbocycles. The molecule has 1 amide bonds. The summed E-state index contributed by atoms with van der Waals surface area (Å²) in [6, 6.07) is 0. The van der Waals surface area contributed by atoms with Crippen LogP contribution in [0.5, 0.6) is 0 Å². The van der Waals surface area contributed by atoms with Crippen molar-refractivity contribution in [3.05, 3.63) is 16.0 Å². The highest BCUT2D eigenvalue weighted by Crippen LogP contribution is 2.33. The van der Waals surface area contributed by atoms with E-state index in [0.717, 1.165) is 10.4 Å². The van der Waals surface area contributed by atoms with Gasteiger partial charge in [-0.15, -0.1) is 21.5 Å². The lowest BCUT2D eigenvalue weighted by molar-refractivity contribution is -0.116. The van der Waals surface area contributed by atoms with Crippen LogP contribution in [-0.4, -0.2) is 39.5 Å². The third-order valence-corrected chi connectivity index (χ3v) is 5.14. The predicted molar refractivity (Wildman–Crippen MR) is 94.6 cm³/mol. The summed E-state index contributed by atoms with van der Waals surface area (Å²) in [4.78, 5) is 25.4. The van der Waals surface area contributed by atoms with Crippen LogP contribution in [0.4, 0.5) is 10.9 Å². The van der Waals surface area contributed by atoms with E-state index >= 15 is 0 Å². The van der Waals surface area contributed by atoms with E-state index in [1.807, 2.05) is 20.1 Å². The standard InChI is InChI=1S/C14H19N5O3S2/c1-5-22-12(21)10-7(2)8(3)24-11(10)16-9(20)6-19-13(15)17-18-14(19)23-4/h5-6H2,1-4H3,(H2,15,17)(H,16,20). The molecule has 130 valence electrons. The van der Waals surface area contributed by atoms with Gasteiger partial charge >= 0.3 is 5.97 Å². The Morgan fingerprint density at radius 1 is 1.38 bits per heavy atom. The number of nitrogens with zero attached hydrogens (tertiary/aromatic N) is 3. The number of esters is 1. The van der Waals surface area contributed by atoms with Crippen LogP contribution in [0, 0.1) is 13.8 Å². The molecule has 0 aliphatic carbocycles. The van der Waals surface area contributed by atoms with Gasteiger partial charge in [-0.25, -0.2) is 4.79 Å². The molecule has 24 heavy (non-hydrogen) atoms. The van der Waals surface area contributed by atoms with Gasteiger partial charge in [0.1, 0.15) is 11.5 Å². The number of hydrogen-bond acceptors (Lipinski definition) is 8. The number of hydrogen-bond donors (Lipinski definition) is 2. The molecule has 0 atom stereocenters. The largest absolute Gasteiger partial charge is 0.462 e. The van der Waals surface area contributed by atoms with Crippen molar-refractivity contribution < 1.29 is 14.3 Å². The summed E-state index contributed by atoms with van der Waals surface area (Å²) < 4.78 is 6.58. The first-order valence-electron chi connectivity index (χ1n) is 7.18. The molecule has 8 nitrogen and oxygen atoms in total. The van der Waals surface area contributed by atoms with Gasteiger partial charge in [-0.2, -0.15) is 0 Å². The van der Waals surface area contributed by atoms with E-state index in [1.165, 1.54) is 27.7 Å². The average Bonchev–Trinajstić information content (AvgIpc) is 3.00. The third kappa shape index (κ3) is 3.70. The van der Waals surface area contributed by atoms with E-state index in [-0.39, 0.29) is 25.0 Å². The highest BCUT2D eigenvalue weighted by atomic mass is 32.2. The normalized spacial score (nSPS) is 10.7. The number of carbonyl (C=O) groups excluding carboxylic acids is 2. The van der Waals surface area contributed by atoms with Crippen molar-refractivity contribution in [2.75, 3.05) is 23.9 Å². The lowest BCUT2D eigenvalue weighted by Crippen LogP contribution is -2.21. The number of aromatic nitrogens is 3. The molecule has 2 aromatic heterocycles. The molecule has 0 aliphatic heterocycles. The van der Waals surface area contributed by atoms with E-state index in [1.54, 1.807) is 6.92 Å². The first-order chi connectivity index (χ1) is 11.4. The molecule has 0 saturated heterocycles. The van der Waals surface area contributed by atoms with Gasteiger partial charge in [0.2, 0.25) is 11.9 Å². The van der Waals surface area contributed by atoms with Crippen LogP contribution in [-0.2, 0) is 16.1 Å². The average molecular weight is 369 g/mol. The van der Waals surface area contributed by atoms with Crippen LogP contribution in [0.2, 0.25) is 0 Å². The molecule has 10 heteroatoms. The lowest BCUT2D eigenvalue weighted by Gasteiger charge is -2.09. The van der Waals surface area contributed by atoms with Crippen molar-refractivity contribution in [1.82, 2.24) is 14.8 Å². The summed E-state index contributed by atoms with van der Waals surface area (Å²) in [5, 5.41) is 11.4. The summed E-state index contributed by atoms with van der Waals surface area (Å²) in [7, 11) is 0. The number of aryl methyl sites for hydroxylation is 1. The monoisotopic (exact) mass is 369 g/mol. The first-order valence-corrected chi connectivity index (χ1v) is 9.22. The molecule has 0 unspecified atom stereocenters. The Labute approximate surface area is 147 Å². The summed E-state index contributed by atoms with van der Waals surface area (Å²) in [5.74, 6) is -0.592. The molecule has 2 rings (SSSR count). The van der Waals surface area contributed by atoms with E-state index in [9.17, 15) is 9.59 Å². The SMILES string of the molecule is CCOC(=O)c1c(NC(=O)Cn2c(N)nnc2SC)sc(C)c1C. The maximum Gasteiger partial charge on any atom is 0.341 e. The first kappa shape index (κ1) is 18.3. The van der Waals surface area contributed by atoms with Gasteiger partial charge in [-0.3, -0.25) is 9.36 Å². The second-order valence-electron chi connectivity index (χ2n) is 4.89. The van der Waals surface area contributed by atoms with Crippen LogP contribution in [0.15, 0.2) is 5.16 Å². The Morgan fingerprint density at radius 2 is 2.08 bits per heavy atom. The zero-order valence-corrected chi connectivity index (χ0v) is 15.5. The number of nitrogen functional groups attached to an aromatic ring is 1. The number of ether oxygens (including phenoxy) is 1. The molecule has 0 saturated carbocycles. The van der Waals surface area contributed by atoms with Gasteiger partial charge in [0, 0.05) is 4.88 Å². The van der Waals surface area contributed by atoms with Crippen molar-refractivity contribution in [1.29, 1.82) is 0 Å². The van der Waals surface area contributed by atoms with E-state index in [0.29, 0.717) is 15.7 Å². The Morgan fingerprint density at radius 3 is 2.71 bits per heavy atom. The van der Waals surface area contributed by atoms with Crippen LogP contribution in [0.3, 0.4) is 0 Å². The highest BCUT2D eigenvalue weighted by Gasteiger charge is 2.22. The maximum atomic E-state index is 12.4. The molecule has 0 fully saturated rings. The number of carbonyl (C=O) groups is 2.